The summed E-state index contributed by atoms with van der Waals surface area (Å²) in [7, 11) is 1.25. The van der Waals surface area contributed by atoms with Crippen molar-refractivity contribution in [2.45, 2.75) is 111 Å². The molecule has 0 aliphatic heterocycles. The summed E-state index contributed by atoms with van der Waals surface area (Å²) >= 11 is 0. The maximum Gasteiger partial charge on any atom is 0.305 e. The van der Waals surface area contributed by atoms with Crippen molar-refractivity contribution in [2.24, 2.45) is 0 Å². The van der Waals surface area contributed by atoms with E-state index in [1.807, 2.05) is 6.92 Å². The minimum Gasteiger partial charge on any atom is -0.466 e. The minimum absolute atomic E-state index is 0.0522. The second-order valence-corrected chi connectivity index (χ2v) is 7.99. The Balaban J connectivity index is 0. The van der Waals surface area contributed by atoms with Gasteiger partial charge in [0.1, 0.15) is 0 Å². The van der Waals surface area contributed by atoms with E-state index in [4.69, 9.17) is 4.74 Å². The van der Waals surface area contributed by atoms with Crippen LogP contribution in [0.15, 0.2) is 0 Å². The lowest BCUT2D eigenvalue weighted by molar-refractivity contribution is -0.143. The molecule has 0 bridgehead atoms. The molecule has 0 aromatic carbocycles. The van der Waals surface area contributed by atoms with Gasteiger partial charge < -0.3 is 4.74 Å². The highest BCUT2D eigenvalue weighted by Crippen LogP contribution is 2.16. The van der Waals surface area contributed by atoms with Crippen molar-refractivity contribution in [3.8, 4) is 0 Å². The quantitative estimate of drug-likeness (QED) is 0.163. The maximum absolute atomic E-state index is 10.8. The highest BCUT2D eigenvalue weighted by Gasteiger charge is 1.99. The van der Waals surface area contributed by atoms with Crippen molar-refractivity contribution in [3.05, 3.63) is 0 Å². The molecule has 0 heterocycles. The Kier molecular flexibility index (Phi) is 27.4. The topological polar surface area (TPSA) is 26.3 Å². The van der Waals surface area contributed by atoms with Crippen LogP contribution in [0.2, 0.25) is 0 Å². The summed E-state index contributed by atoms with van der Waals surface area (Å²) in [5.41, 5.74) is 0. The van der Waals surface area contributed by atoms with Crippen LogP contribution >= 0.6 is 8.58 Å². The van der Waals surface area contributed by atoms with Crippen molar-refractivity contribution in [2.75, 3.05) is 18.9 Å². The van der Waals surface area contributed by atoms with Gasteiger partial charge in [0.2, 0.25) is 0 Å². The summed E-state index contributed by atoms with van der Waals surface area (Å²) in [5.74, 6) is -0.0522. The molecule has 0 aliphatic rings. The standard InChI is InChI=1S/C12H27P.C9H18O2/c1-3-5-7-9-11-13-12-10-8-6-4-2;1-3-5-6-7-8-9(10)11-4-2/h13H,3-12H2,1-2H3;3-8H2,1-2H3. The van der Waals surface area contributed by atoms with Gasteiger partial charge in [-0.3, -0.25) is 4.79 Å². The second-order valence-electron chi connectivity index (χ2n) is 6.49. The molecule has 0 amide bonds. The molecule has 0 spiro atoms. The molecule has 0 unspecified atom stereocenters. The van der Waals surface area contributed by atoms with Gasteiger partial charge in [0.05, 0.1) is 6.61 Å². The summed E-state index contributed by atoms with van der Waals surface area (Å²) in [5, 5.41) is 0. The van der Waals surface area contributed by atoms with Crippen LogP contribution < -0.4 is 0 Å². The molecule has 24 heavy (non-hydrogen) atoms. The van der Waals surface area contributed by atoms with E-state index in [2.05, 4.69) is 20.8 Å². The average Bonchev–Trinajstić information content (AvgIpc) is 2.58. The first-order chi connectivity index (χ1) is 11.7. The van der Waals surface area contributed by atoms with E-state index < -0.39 is 0 Å². The van der Waals surface area contributed by atoms with Gasteiger partial charge in [0.15, 0.2) is 0 Å². The SMILES string of the molecule is CCCCCCC(=O)OCC.CCCCCCPCCCCCC. The van der Waals surface area contributed by atoms with E-state index in [0.717, 1.165) is 12.8 Å². The van der Waals surface area contributed by atoms with Crippen molar-refractivity contribution < 1.29 is 9.53 Å². The normalized spacial score (nSPS) is 10.2. The van der Waals surface area contributed by atoms with E-state index >= 15 is 0 Å². The first-order valence-corrected chi connectivity index (χ1v) is 12.0. The second kappa shape index (κ2) is 25.1. The van der Waals surface area contributed by atoms with Gasteiger partial charge in [-0.25, -0.2) is 0 Å². The fourth-order valence-corrected chi connectivity index (χ4v) is 3.66. The van der Waals surface area contributed by atoms with Crippen molar-refractivity contribution >= 4 is 14.6 Å². The van der Waals surface area contributed by atoms with Crippen molar-refractivity contribution in [3.63, 3.8) is 0 Å². The van der Waals surface area contributed by atoms with Crippen molar-refractivity contribution in [1.82, 2.24) is 0 Å². The molecule has 3 heteroatoms. The zero-order valence-corrected chi connectivity index (χ0v) is 18.1. The smallest absolute Gasteiger partial charge is 0.305 e. The van der Waals surface area contributed by atoms with Gasteiger partial charge in [0, 0.05) is 6.42 Å². The summed E-state index contributed by atoms with van der Waals surface area (Å²) < 4.78 is 4.78. The third-order valence-electron chi connectivity index (χ3n) is 3.95. The lowest BCUT2D eigenvalue weighted by Crippen LogP contribution is -2.02. The highest BCUT2D eigenvalue weighted by atomic mass is 31.1. The van der Waals surface area contributed by atoms with Gasteiger partial charge in [-0.15, -0.1) is 8.58 Å². The third-order valence-corrected chi connectivity index (χ3v) is 5.37. The van der Waals surface area contributed by atoms with Gasteiger partial charge in [-0.2, -0.15) is 0 Å². The van der Waals surface area contributed by atoms with E-state index in [9.17, 15) is 4.79 Å². The maximum atomic E-state index is 10.8. The molecule has 0 saturated heterocycles. The van der Waals surface area contributed by atoms with E-state index in [1.165, 1.54) is 85.1 Å². The van der Waals surface area contributed by atoms with Crippen LogP contribution in [0.25, 0.3) is 0 Å². The monoisotopic (exact) mass is 360 g/mol. The Labute approximate surface area is 154 Å². The molecule has 0 radical (unpaired) electrons. The molecule has 0 aromatic rings. The predicted molar refractivity (Wildman–Crippen MR) is 112 cm³/mol. The van der Waals surface area contributed by atoms with Crippen LogP contribution in [0.5, 0.6) is 0 Å². The third kappa shape index (κ3) is 26.8. The van der Waals surface area contributed by atoms with Crippen LogP contribution in [-0.2, 0) is 9.53 Å². The molecular formula is C21H45O2P. The van der Waals surface area contributed by atoms with Crippen LogP contribution in [0, 0.1) is 0 Å². The Morgan fingerprint density at radius 2 is 1.12 bits per heavy atom. The summed E-state index contributed by atoms with van der Waals surface area (Å²) in [4.78, 5) is 10.8. The molecule has 0 N–H and O–H groups in total. The molecule has 146 valence electrons. The Bertz CT molecular complexity index is 222. The number of ether oxygens (including phenoxy) is 1. The first kappa shape index (κ1) is 26.1. The Morgan fingerprint density at radius 3 is 1.54 bits per heavy atom. The summed E-state index contributed by atoms with van der Waals surface area (Å²) in [6.07, 6.45) is 19.7. The summed E-state index contributed by atoms with van der Waals surface area (Å²) in [6, 6.07) is 0. The lowest BCUT2D eigenvalue weighted by Gasteiger charge is -2.01. The Morgan fingerprint density at radius 1 is 0.667 bits per heavy atom. The number of hydrogen-bond acceptors (Lipinski definition) is 2. The molecule has 0 atom stereocenters. The molecule has 0 saturated carbocycles. The van der Waals surface area contributed by atoms with Crippen LogP contribution in [0.3, 0.4) is 0 Å². The molecule has 0 rings (SSSR count). The van der Waals surface area contributed by atoms with Crippen LogP contribution in [-0.4, -0.2) is 24.9 Å². The fourth-order valence-electron chi connectivity index (χ4n) is 2.41. The molecule has 0 aliphatic carbocycles. The molecule has 0 fully saturated rings. The summed E-state index contributed by atoms with van der Waals surface area (Å²) in [6.45, 7) is 9.07. The molecule has 0 aromatic heterocycles. The van der Waals surface area contributed by atoms with E-state index in [1.54, 1.807) is 0 Å². The lowest BCUT2D eigenvalue weighted by atomic mass is 10.2. The Hall–Kier alpha value is -0.100. The highest BCUT2D eigenvalue weighted by molar-refractivity contribution is 7.37. The van der Waals surface area contributed by atoms with Gasteiger partial charge in [-0.1, -0.05) is 78.6 Å². The molecular weight excluding hydrogens is 315 g/mol. The van der Waals surface area contributed by atoms with Crippen LogP contribution in [0.1, 0.15) is 111 Å². The van der Waals surface area contributed by atoms with Gasteiger partial charge >= 0.3 is 5.97 Å². The number of unbranched alkanes of at least 4 members (excludes halogenated alkanes) is 9. The number of rotatable bonds is 16. The van der Waals surface area contributed by atoms with E-state index in [0.29, 0.717) is 13.0 Å². The van der Waals surface area contributed by atoms with E-state index in [-0.39, 0.29) is 5.97 Å². The number of carbonyl (C=O) groups excluding carboxylic acids is 1. The number of carbonyl (C=O) groups is 1. The minimum atomic E-state index is -0.0522. The first-order valence-electron chi connectivity index (χ1n) is 10.6. The van der Waals surface area contributed by atoms with Crippen molar-refractivity contribution in [1.29, 1.82) is 0 Å². The molecule has 2 nitrogen and oxygen atoms in total. The number of esters is 1. The zero-order chi connectivity index (χ0) is 18.3. The number of hydrogen-bond donors (Lipinski definition) is 0. The zero-order valence-electron chi connectivity index (χ0n) is 17.1. The largest absolute Gasteiger partial charge is 0.466 e. The average molecular weight is 361 g/mol. The predicted octanol–water partition coefficient (Wildman–Crippen LogP) is 7.35. The van der Waals surface area contributed by atoms with Gasteiger partial charge in [0.25, 0.3) is 0 Å². The fraction of sp³-hybridized carbons (Fsp3) is 0.952. The van der Waals surface area contributed by atoms with Gasteiger partial charge in [-0.05, 0) is 38.5 Å². The van der Waals surface area contributed by atoms with Crippen LogP contribution in [0.4, 0.5) is 0 Å².